The third-order valence-electron chi connectivity index (χ3n) is 4.57. The van der Waals surface area contributed by atoms with Crippen molar-refractivity contribution < 1.29 is 9.53 Å². The molecule has 0 radical (unpaired) electrons. The molecule has 1 amide bonds. The molecular formula is C21H16N4O2S2. The van der Waals surface area contributed by atoms with Crippen LogP contribution < -0.4 is 10.1 Å². The van der Waals surface area contributed by atoms with E-state index in [4.69, 9.17) is 4.74 Å². The number of carbonyl (C=O) groups is 1. The molecule has 8 heteroatoms. The Balaban J connectivity index is 1.46. The Morgan fingerprint density at radius 2 is 2.07 bits per heavy atom. The van der Waals surface area contributed by atoms with Crippen LogP contribution in [0.25, 0.3) is 26.4 Å². The third kappa shape index (κ3) is 3.26. The number of anilines is 1. The van der Waals surface area contributed by atoms with Crippen molar-refractivity contribution >= 4 is 48.9 Å². The van der Waals surface area contributed by atoms with Crippen molar-refractivity contribution in [2.24, 2.45) is 0 Å². The Bertz CT molecular complexity index is 1370. The number of methoxy groups -OCH3 is 1. The number of benzene rings is 2. The number of aryl methyl sites for hydroxylation is 1. The molecule has 0 aliphatic rings. The smallest absolute Gasteiger partial charge is 0.275 e. The molecule has 0 saturated heterocycles. The van der Waals surface area contributed by atoms with Crippen molar-refractivity contribution in [1.29, 1.82) is 0 Å². The topological polar surface area (TPSA) is 68.5 Å². The molecule has 0 spiro atoms. The second-order valence-electron chi connectivity index (χ2n) is 6.58. The quantitative estimate of drug-likeness (QED) is 0.432. The molecule has 29 heavy (non-hydrogen) atoms. The first-order chi connectivity index (χ1) is 14.1. The van der Waals surface area contributed by atoms with Crippen molar-refractivity contribution in [3.63, 3.8) is 0 Å². The Morgan fingerprint density at radius 1 is 1.17 bits per heavy atom. The lowest BCUT2D eigenvalue weighted by molar-refractivity contribution is 0.102. The van der Waals surface area contributed by atoms with E-state index < -0.39 is 0 Å². The van der Waals surface area contributed by atoms with Crippen LogP contribution in [-0.4, -0.2) is 27.4 Å². The van der Waals surface area contributed by atoms with Gasteiger partial charge in [-0.1, -0.05) is 29.5 Å². The predicted octanol–water partition coefficient (Wildman–Crippen LogP) is 5.24. The highest BCUT2D eigenvalue weighted by Gasteiger charge is 2.17. The molecule has 3 aromatic heterocycles. The van der Waals surface area contributed by atoms with E-state index in [0.29, 0.717) is 10.8 Å². The largest absolute Gasteiger partial charge is 0.497 e. The molecule has 5 rings (SSSR count). The summed E-state index contributed by atoms with van der Waals surface area (Å²) in [5, 5.41) is 5.32. The maximum Gasteiger partial charge on any atom is 0.275 e. The van der Waals surface area contributed by atoms with Crippen LogP contribution in [0.2, 0.25) is 0 Å². The van der Waals surface area contributed by atoms with Crippen molar-refractivity contribution in [3.05, 3.63) is 65.3 Å². The van der Waals surface area contributed by atoms with Crippen LogP contribution in [0.3, 0.4) is 0 Å². The van der Waals surface area contributed by atoms with Gasteiger partial charge in [0.05, 0.1) is 23.0 Å². The molecule has 0 aliphatic heterocycles. The first kappa shape index (κ1) is 17.8. The molecule has 5 aromatic rings. The van der Waals surface area contributed by atoms with E-state index >= 15 is 0 Å². The molecular weight excluding hydrogens is 404 g/mol. The first-order valence-corrected chi connectivity index (χ1v) is 10.6. The van der Waals surface area contributed by atoms with Crippen molar-refractivity contribution in [3.8, 4) is 17.0 Å². The normalized spacial score (nSPS) is 11.2. The number of thiazole rings is 2. The zero-order valence-corrected chi connectivity index (χ0v) is 17.3. The van der Waals surface area contributed by atoms with Crippen molar-refractivity contribution in [2.75, 3.05) is 12.4 Å². The summed E-state index contributed by atoms with van der Waals surface area (Å²) in [7, 11) is 1.64. The summed E-state index contributed by atoms with van der Waals surface area (Å²) < 4.78 is 8.16. The maximum absolute atomic E-state index is 12.9. The van der Waals surface area contributed by atoms with Crippen LogP contribution in [0.15, 0.2) is 54.0 Å². The molecule has 0 aliphatic carbocycles. The monoisotopic (exact) mass is 420 g/mol. The van der Waals surface area contributed by atoms with E-state index in [1.54, 1.807) is 7.11 Å². The number of rotatable bonds is 4. The highest BCUT2D eigenvalue weighted by atomic mass is 32.1. The minimum atomic E-state index is -0.207. The van der Waals surface area contributed by atoms with Gasteiger partial charge in [0.2, 0.25) is 0 Å². The van der Waals surface area contributed by atoms with E-state index in [-0.39, 0.29) is 5.91 Å². The van der Waals surface area contributed by atoms with Crippen LogP contribution in [0.1, 0.15) is 16.1 Å². The van der Waals surface area contributed by atoms with Gasteiger partial charge in [0.25, 0.3) is 5.91 Å². The van der Waals surface area contributed by atoms with Gasteiger partial charge in [-0.15, -0.1) is 11.3 Å². The molecule has 0 atom stereocenters. The fourth-order valence-electron chi connectivity index (χ4n) is 3.12. The molecule has 3 heterocycles. The number of aromatic nitrogens is 3. The van der Waals surface area contributed by atoms with Crippen molar-refractivity contribution in [1.82, 2.24) is 14.4 Å². The van der Waals surface area contributed by atoms with Crippen LogP contribution in [0, 0.1) is 6.92 Å². The van der Waals surface area contributed by atoms with E-state index in [1.165, 1.54) is 28.2 Å². The number of nitrogens with one attached hydrogen (secondary N) is 1. The second-order valence-corrected chi connectivity index (χ2v) is 8.44. The van der Waals surface area contributed by atoms with E-state index in [0.717, 1.165) is 32.2 Å². The number of nitrogens with zero attached hydrogens (tertiary/aromatic N) is 3. The van der Waals surface area contributed by atoms with Gasteiger partial charge in [0.1, 0.15) is 11.4 Å². The fourth-order valence-corrected chi connectivity index (χ4v) is 4.93. The second kappa shape index (κ2) is 6.98. The van der Waals surface area contributed by atoms with Crippen LogP contribution >= 0.6 is 22.7 Å². The lowest BCUT2D eigenvalue weighted by Gasteiger charge is -2.01. The zero-order valence-electron chi connectivity index (χ0n) is 15.7. The van der Waals surface area contributed by atoms with E-state index in [9.17, 15) is 4.79 Å². The van der Waals surface area contributed by atoms with Gasteiger partial charge in [-0.05, 0) is 36.8 Å². The van der Waals surface area contributed by atoms with Crippen LogP contribution in [-0.2, 0) is 0 Å². The zero-order chi connectivity index (χ0) is 20.0. The number of amides is 1. The van der Waals surface area contributed by atoms with E-state index in [2.05, 4.69) is 21.4 Å². The average molecular weight is 421 g/mol. The highest BCUT2D eigenvalue weighted by Crippen LogP contribution is 2.29. The van der Waals surface area contributed by atoms with Crippen LogP contribution in [0.5, 0.6) is 5.75 Å². The Labute approximate surface area is 174 Å². The first-order valence-electron chi connectivity index (χ1n) is 8.90. The average Bonchev–Trinajstić information content (AvgIpc) is 3.41. The van der Waals surface area contributed by atoms with Gasteiger partial charge in [-0.3, -0.25) is 14.5 Å². The lowest BCUT2D eigenvalue weighted by atomic mass is 10.1. The minimum absolute atomic E-state index is 0.207. The van der Waals surface area contributed by atoms with Gasteiger partial charge in [-0.25, -0.2) is 9.97 Å². The molecule has 6 nitrogen and oxygen atoms in total. The third-order valence-corrected chi connectivity index (χ3v) is 6.35. The molecule has 1 N–H and O–H groups in total. The summed E-state index contributed by atoms with van der Waals surface area (Å²) in [6.45, 7) is 2.04. The summed E-state index contributed by atoms with van der Waals surface area (Å²) in [5.41, 5.74) is 4.31. The molecule has 0 saturated carbocycles. The Morgan fingerprint density at radius 3 is 2.93 bits per heavy atom. The molecule has 0 bridgehead atoms. The Hall–Kier alpha value is -3.23. The number of ether oxygens (including phenoxy) is 1. The van der Waals surface area contributed by atoms with Gasteiger partial charge in [-0.2, -0.15) is 0 Å². The summed E-state index contributed by atoms with van der Waals surface area (Å²) in [6, 6.07) is 13.8. The molecule has 2 aromatic carbocycles. The highest BCUT2D eigenvalue weighted by molar-refractivity contribution is 7.22. The maximum atomic E-state index is 12.9. The SMILES string of the molecule is COc1cccc(-c2cn3c(C(=O)Nc4nc5ccc(C)cc5s4)csc3n2)c1. The van der Waals surface area contributed by atoms with Crippen molar-refractivity contribution in [2.45, 2.75) is 6.92 Å². The number of hydrogen-bond donors (Lipinski definition) is 1. The molecule has 144 valence electrons. The number of imidazole rings is 1. The van der Waals surface area contributed by atoms with Gasteiger partial charge in [0, 0.05) is 17.1 Å². The standard InChI is InChI=1S/C21H16N4O2S2/c1-12-6-7-15-18(8-12)29-20(22-15)24-19(26)17-11-28-21-23-16(10-25(17)21)13-4-3-5-14(9-13)27-2/h3-11H,1-2H3,(H,22,24,26). The fraction of sp³-hybridized carbons (Fsp3) is 0.0952. The predicted molar refractivity (Wildman–Crippen MR) is 117 cm³/mol. The summed E-state index contributed by atoms with van der Waals surface area (Å²) in [5.74, 6) is 0.560. The Kier molecular flexibility index (Phi) is 4.30. The van der Waals surface area contributed by atoms with Gasteiger partial charge < -0.3 is 4.74 Å². The molecule has 0 fully saturated rings. The summed E-state index contributed by atoms with van der Waals surface area (Å²) >= 11 is 2.90. The van der Waals surface area contributed by atoms with Crippen LogP contribution in [0.4, 0.5) is 5.13 Å². The molecule has 0 unspecified atom stereocenters. The number of hydrogen-bond acceptors (Lipinski definition) is 6. The number of fused-ring (bicyclic) bond motifs is 2. The van der Waals surface area contributed by atoms with E-state index in [1.807, 2.05) is 59.3 Å². The number of carbonyl (C=O) groups excluding carboxylic acids is 1. The summed E-state index contributed by atoms with van der Waals surface area (Å²) in [6.07, 6.45) is 1.87. The van der Waals surface area contributed by atoms with Gasteiger partial charge in [0.15, 0.2) is 10.1 Å². The summed E-state index contributed by atoms with van der Waals surface area (Å²) in [4.78, 5) is 22.8. The lowest BCUT2D eigenvalue weighted by Crippen LogP contribution is -2.13. The minimum Gasteiger partial charge on any atom is -0.497 e. The van der Waals surface area contributed by atoms with Gasteiger partial charge >= 0.3 is 0 Å².